The van der Waals surface area contributed by atoms with Crippen molar-refractivity contribution in [1.29, 1.82) is 0 Å². The van der Waals surface area contributed by atoms with Crippen LogP contribution in [0.25, 0.3) is 0 Å². The molecule has 66 valence electrons. The maximum atomic E-state index is 8.26. The van der Waals surface area contributed by atoms with Crippen LogP contribution >= 0.6 is 15.9 Å². The smallest absolute Gasteiger partial charge is 0.120 e. The summed E-state index contributed by atoms with van der Waals surface area (Å²) in [6.45, 7) is 0.874. The van der Waals surface area contributed by atoms with Gasteiger partial charge in [-0.05, 0) is 18.2 Å². The lowest BCUT2D eigenvalue weighted by Gasteiger charge is -2.04. The zero-order valence-electron chi connectivity index (χ0n) is 6.46. The first-order valence-electron chi connectivity index (χ1n) is 3.58. The molecule has 0 radical (unpaired) electrons. The molecule has 4 heteroatoms. The maximum Gasteiger partial charge on any atom is 0.120 e. The van der Waals surface area contributed by atoms with Gasteiger partial charge in [0.2, 0.25) is 0 Å². The minimum Gasteiger partial charge on any atom is -0.492 e. The monoisotopic (exact) mass is 231 g/mol. The molecule has 2 N–H and O–H groups in total. The molecule has 0 bridgehead atoms. The second-order valence-electron chi connectivity index (χ2n) is 2.21. The predicted molar refractivity (Wildman–Crippen MR) is 49.4 cm³/mol. The minimum absolute atomic E-state index is 0.423. The fourth-order valence-corrected chi connectivity index (χ4v) is 1.15. The Morgan fingerprint density at radius 3 is 3.00 bits per heavy atom. The van der Waals surface area contributed by atoms with Crippen LogP contribution in [0, 0.1) is 0 Å². The van der Waals surface area contributed by atoms with E-state index in [1.807, 2.05) is 29.7 Å². The van der Waals surface area contributed by atoms with Crippen LogP contribution in [-0.2, 0) is 0 Å². The first-order chi connectivity index (χ1) is 5.83. The summed E-state index contributed by atoms with van der Waals surface area (Å²) in [5, 5.41) is 8.26. The van der Waals surface area contributed by atoms with Gasteiger partial charge in [0.25, 0.3) is 0 Å². The third-order valence-corrected chi connectivity index (χ3v) is 1.77. The quantitative estimate of drug-likeness (QED) is 0.614. The van der Waals surface area contributed by atoms with E-state index < -0.39 is 0 Å². The van der Waals surface area contributed by atoms with Crippen molar-refractivity contribution < 1.29 is 9.94 Å². The molecule has 0 amide bonds. The van der Waals surface area contributed by atoms with Crippen LogP contribution in [0.3, 0.4) is 0 Å². The Morgan fingerprint density at radius 2 is 2.33 bits per heavy atom. The molecule has 0 heterocycles. The van der Waals surface area contributed by atoms with Crippen molar-refractivity contribution in [2.75, 3.05) is 13.2 Å². The summed E-state index contributed by atoms with van der Waals surface area (Å²) >= 11 is 3.33. The SMILES string of the molecule is ONCCOc1cccc(Br)c1. The molecule has 0 saturated carbocycles. The number of nitrogens with one attached hydrogen (secondary N) is 1. The van der Waals surface area contributed by atoms with E-state index in [1.165, 1.54) is 0 Å². The van der Waals surface area contributed by atoms with Crippen LogP contribution in [0.15, 0.2) is 28.7 Å². The summed E-state index contributed by atoms with van der Waals surface area (Å²) in [5.41, 5.74) is 2.02. The molecule has 0 aliphatic heterocycles. The minimum atomic E-state index is 0.423. The van der Waals surface area contributed by atoms with Crippen LogP contribution < -0.4 is 10.2 Å². The lowest BCUT2D eigenvalue weighted by molar-refractivity contribution is 0.145. The fourth-order valence-electron chi connectivity index (χ4n) is 0.771. The van der Waals surface area contributed by atoms with Gasteiger partial charge >= 0.3 is 0 Å². The lowest BCUT2D eigenvalue weighted by atomic mass is 10.3. The van der Waals surface area contributed by atoms with Gasteiger partial charge in [-0.3, -0.25) is 0 Å². The third-order valence-electron chi connectivity index (χ3n) is 1.28. The number of rotatable bonds is 4. The molecule has 0 aliphatic rings. The van der Waals surface area contributed by atoms with Crippen molar-refractivity contribution in [2.45, 2.75) is 0 Å². The Hall–Kier alpha value is -0.580. The van der Waals surface area contributed by atoms with Gasteiger partial charge in [-0.15, -0.1) is 0 Å². The predicted octanol–water partition coefficient (Wildman–Crippen LogP) is 1.81. The summed E-state index contributed by atoms with van der Waals surface area (Å²) in [6.07, 6.45) is 0. The molecule has 0 spiro atoms. The summed E-state index contributed by atoms with van der Waals surface area (Å²) in [4.78, 5) is 0. The highest BCUT2D eigenvalue weighted by Gasteiger charge is 1.92. The topological polar surface area (TPSA) is 41.5 Å². The molecule has 1 rings (SSSR count). The number of hydrogen-bond donors (Lipinski definition) is 2. The fraction of sp³-hybridized carbons (Fsp3) is 0.250. The van der Waals surface area contributed by atoms with Crippen molar-refractivity contribution in [3.8, 4) is 5.75 Å². The third kappa shape index (κ3) is 3.21. The van der Waals surface area contributed by atoms with E-state index in [0.717, 1.165) is 10.2 Å². The van der Waals surface area contributed by atoms with E-state index in [2.05, 4.69) is 15.9 Å². The van der Waals surface area contributed by atoms with Crippen molar-refractivity contribution in [3.63, 3.8) is 0 Å². The van der Waals surface area contributed by atoms with E-state index in [9.17, 15) is 0 Å². The van der Waals surface area contributed by atoms with E-state index in [0.29, 0.717) is 13.2 Å². The summed E-state index contributed by atoms with van der Waals surface area (Å²) in [6, 6.07) is 7.56. The Labute approximate surface area is 79.4 Å². The molecule has 0 saturated heterocycles. The standard InChI is InChI=1S/C8H10BrNO2/c9-7-2-1-3-8(6-7)12-5-4-10-11/h1-3,6,10-11H,4-5H2. The molecule has 0 aromatic heterocycles. The van der Waals surface area contributed by atoms with Crippen LogP contribution in [-0.4, -0.2) is 18.4 Å². The van der Waals surface area contributed by atoms with E-state index in [-0.39, 0.29) is 0 Å². The van der Waals surface area contributed by atoms with Crippen molar-refractivity contribution >= 4 is 15.9 Å². The molecule has 0 aliphatic carbocycles. The maximum absolute atomic E-state index is 8.26. The van der Waals surface area contributed by atoms with Crippen LogP contribution in [0.2, 0.25) is 0 Å². The van der Waals surface area contributed by atoms with E-state index in [1.54, 1.807) is 0 Å². The number of benzene rings is 1. The van der Waals surface area contributed by atoms with Gasteiger partial charge in [0, 0.05) is 4.47 Å². The second kappa shape index (κ2) is 5.13. The molecule has 0 fully saturated rings. The molecule has 0 atom stereocenters. The Bertz CT molecular complexity index is 242. The van der Waals surface area contributed by atoms with Gasteiger partial charge in [-0.1, -0.05) is 22.0 Å². The van der Waals surface area contributed by atoms with Gasteiger partial charge in [-0.25, -0.2) is 5.48 Å². The highest BCUT2D eigenvalue weighted by atomic mass is 79.9. The molecule has 0 unspecified atom stereocenters. The highest BCUT2D eigenvalue weighted by Crippen LogP contribution is 2.17. The molecule has 3 nitrogen and oxygen atoms in total. The molecule has 1 aromatic rings. The molecule has 1 aromatic carbocycles. The zero-order chi connectivity index (χ0) is 8.81. The van der Waals surface area contributed by atoms with E-state index >= 15 is 0 Å². The molecular formula is C8H10BrNO2. The molecule has 12 heavy (non-hydrogen) atoms. The Balaban J connectivity index is 2.41. The first-order valence-corrected chi connectivity index (χ1v) is 4.37. The van der Waals surface area contributed by atoms with E-state index in [4.69, 9.17) is 9.94 Å². The van der Waals surface area contributed by atoms with Gasteiger partial charge in [0.15, 0.2) is 0 Å². The normalized spacial score (nSPS) is 9.83. The first kappa shape index (κ1) is 9.51. The second-order valence-corrected chi connectivity index (χ2v) is 3.13. The van der Waals surface area contributed by atoms with Gasteiger partial charge in [0.05, 0.1) is 6.54 Å². The van der Waals surface area contributed by atoms with Crippen LogP contribution in [0.4, 0.5) is 0 Å². The summed E-state index contributed by atoms with van der Waals surface area (Å²) < 4.78 is 6.26. The molecular weight excluding hydrogens is 222 g/mol. The number of ether oxygens (including phenoxy) is 1. The van der Waals surface area contributed by atoms with Crippen LogP contribution in [0.1, 0.15) is 0 Å². The van der Waals surface area contributed by atoms with Crippen molar-refractivity contribution in [1.82, 2.24) is 5.48 Å². The van der Waals surface area contributed by atoms with Gasteiger partial charge in [-0.2, -0.15) is 0 Å². The summed E-state index contributed by atoms with van der Waals surface area (Å²) in [7, 11) is 0. The lowest BCUT2D eigenvalue weighted by Crippen LogP contribution is -2.16. The average Bonchev–Trinajstić information content (AvgIpc) is 2.05. The van der Waals surface area contributed by atoms with Crippen molar-refractivity contribution in [2.24, 2.45) is 0 Å². The number of hydroxylamine groups is 1. The van der Waals surface area contributed by atoms with Gasteiger partial charge in [0.1, 0.15) is 12.4 Å². The van der Waals surface area contributed by atoms with Gasteiger partial charge < -0.3 is 9.94 Å². The number of halogens is 1. The Morgan fingerprint density at radius 1 is 1.50 bits per heavy atom. The Kier molecular flexibility index (Phi) is 4.07. The zero-order valence-corrected chi connectivity index (χ0v) is 8.04. The average molecular weight is 232 g/mol. The number of hydrogen-bond acceptors (Lipinski definition) is 3. The highest BCUT2D eigenvalue weighted by molar-refractivity contribution is 9.10. The van der Waals surface area contributed by atoms with Crippen molar-refractivity contribution in [3.05, 3.63) is 28.7 Å². The summed E-state index contributed by atoms with van der Waals surface area (Å²) in [5.74, 6) is 0.791. The van der Waals surface area contributed by atoms with Crippen LogP contribution in [0.5, 0.6) is 5.75 Å². The largest absolute Gasteiger partial charge is 0.492 e.